The van der Waals surface area contributed by atoms with Crippen molar-refractivity contribution in [1.82, 2.24) is 4.90 Å². The van der Waals surface area contributed by atoms with Crippen LogP contribution in [0.4, 0.5) is 14.9 Å². The van der Waals surface area contributed by atoms with Crippen LogP contribution in [-0.4, -0.2) is 35.6 Å². The van der Waals surface area contributed by atoms with Gasteiger partial charge in [-0.25, -0.2) is 4.39 Å². The van der Waals surface area contributed by atoms with Crippen molar-refractivity contribution in [3.63, 3.8) is 0 Å². The number of carbonyl (C=O) groups is 3. The molecule has 0 aliphatic carbocycles. The molecule has 0 bridgehead atoms. The summed E-state index contributed by atoms with van der Waals surface area (Å²) in [4.78, 5) is 37.9. The zero-order chi connectivity index (χ0) is 20.3. The number of carbonyl (C=O) groups excluding carboxylic acids is 3. The largest absolute Gasteiger partial charge is 0.496 e. The number of halogens is 1. The molecule has 1 N–H and O–H groups in total. The van der Waals surface area contributed by atoms with Gasteiger partial charge in [0.1, 0.15) is 18.1 Å². The standard InChI is InChI=1S/C20H17FN2O4S/c1-12-3-4-13(9-16(12)27-2)10-17-19(25)23(20(26)28-17)11-18(24)22-15-7-5-14(21)6-8-15/h3-10H,11H2,1-2H3,(H,22,24)/b17-10+. The highest BCUT2D eigenvalue weighted by Gasteiger charge is 2.36. The Hall–Kier alpha value is -3.13. The Labute approximate surface area is 165 Å². The molecule has 3 amide bonds. The molecule has 8 heteroatoms. The van der Waals surface area contributed by atoms with Crippen molar-refractivity contribution in [3.05, 3.63) is 64.3 Å². The first-order valence-electron chi connectivity index (χ1n) is 8.33. The summed E-state index contributed by atoms with van der Waals surface area (Å²) in [5.41, 5.74) is 2.04. The van der Waals surface area contributed by atoms with Crippen LogP contribution in [0.3, 0.4) is 0 Å². The highest BCUT2D eigenvalue weighted by molar-refractivity contribution is 8.18. The Bertz CT molecular complexity index is 973. The van der Waals surface area contributed by atoms with Crippen molar-refractivity contribution >= 4 is 40.6 Å². The lowest BCUT2D eigenvalue weighted by atomic mass is 10.1. The molecular formula is C20H17FN2O4S. The fourth-order valence-corrected chi connectivity index (χ4v) is 3.43. The second-order valence-corrected chi connectivity index (χ2v) is 7.05. The maximum absolute atomic E-state index is 12.9. The lowest BCUT2D eigenvalue weighted by molar-refractivity contribution is -0.127. The molecule has 1 aliphatic rings. The van der Waals surface area contributed by atoms with Crippen molar-refractivity contribution in [3.8, 4) is 5.75 Å². The Kier molecular flexibility index (Phi) is 5.79. The van der Waals surface area contributed by atoms with E-state index >= 15 is 0 Å². The van der Waals surface area contributed by atoms with E-state index in [0.29, 0.717) is 17.0 Å². The molecule has 3 rings (SSSR count). The van der Waals surface area contributed by atoms with Gasteiger partial charge in [-0.15, -0.1) is 0 Å². The summed E-state index contributed by atoms with van der Waals surface area (Å²) in [6, 6.07) is 10.6. The minimum absolute atomic E-state index is 0.227. The zero-order valence-corrected chi connectivity index (χ0v) is 16.0. The number of nitrogens with one attached hydrogen (secondary N) is 1. The van der Waals surface area contributed by atoms with Crippen LogP contribution in [0, 0.1) is 12.7 Å². The Morgan fingerprint density at radius 2 is 1.93 bits per heavy atom. The third kappa shape index (κ3) is 4.40. The monoisotopic (exact) mass is 400 g/mol. The highest BCUT2D eigenvalue weighted by atomic mass is 32.2. The summed E-state index contributed by atoms with van der Waals surface area (Å²) in [5.74, 6) is -0.843. The van der Waals surface area contributed by atoms with Crippen LogP contribution in [0.25, 0.3) is 6.08 Å². The van der Waals surface area contributed by atoms with Crippen molar-refractivity contribution in [2.24, 2.45) is 0 Å². The molecule has 0 unspecified atom stereocenters. The Morgan fingerprint density at radius 1 is 1.21 bits per heavy atom. The molecule has 144 valence electrons. The van der Waals surface area contributed by atoms with E-state index in [9.17, 15) is 18.8 Å². The van der Waals surface area contributed by atoms with Crippen LogP contribution < -0.4 is 10.1 Å². The number of aryl methyl sites for hydroxylation is 1. The third-order valence-corrected chi connectivity index (χ3v) is 4.94. The number of nitrogens with zero attached hydrogens (tertiary/aromatic N) is 1. The van der Waals surface area contributed by atoms with Crippen LogP contribution in [0.1, 0.15) is 11.1 Å². The van der Waals surface area contributed by atoms with Crippen LogP contribution in [-0.2, 0) is 9.59 Å². The number of ether oxygens (including phenoxy) is 1. The highest BCUT2D eigenvalue weighted by Crippen LogP contribution is 2.33. The number of anilines is 1. The lowest BCUT2D eigenvalue weighted by Gasteiger charge is -2.12. The second-order valence-electron chi connectivity index (χ2n) is 6.05. The van der Waals surface area contributed by atoms with E-state index in [4.69, 9.17) is 4.74 Å². The van der Waals surface area contributed by atoms with Gasteiger partial charge >= 0.3 is 0 Å². The molecule has 0 atom stereocenters. The normalized spacial score (nSPS) is 15.2. The van der Waals surface area contributed by atoms with Crippen molar-refractivity contribution in [2.45, 2.75) is 6.92 Å². The smallest absolute Gasteiger partial charge is 0.294 e. The summed E-state index contributed by atoms with van der Waals surface area (Å²) >= 11 is 0.773. The molecule has 1 fully saturated rings. The predicted octanol–water partition coefficient (Wildman–Crippen LogP) is 3.82. The number of rotatable bonds is 5. The second kappa shape index (κ2) is 8.26. The fourth-order valence-electron chi connectivity index (χ4n) is 2.59. The molecule has 2 aromatic rings. The van der Waals surface area contributed by atoms with E-state index < -0.39 is 29.4 Å². The van der Waals surface area contributed by atoms with Gasteiger partial charge in [0.15, 0.2) is 0 Å². The molecule has 0 saturated carbocycles. The third-order valence-electron chi connectivity index (χ3n) is 4.03. The molecule has 6 nitrogen and oxygen atoms in total. The quantitative estimate of drug-likeness (QED) is 0.773. The van der Waals surface area contributed by atoms with Crippen LogP contribution in [0.5, 0.6) is 5.75 Å². The van der Waals surface area contributed by atoms with Crippen LogP contribution in [0.15, 0.2) is 47.4 Å². The first kappa shape index (κ1) is 19.6. The van der Waals surface area contributed by atoms with Crippen molar-refractivity contribution in [1.29, 1.82) is 0 Å². The average molecular weight is 400 g/mol. The molecule has 1 saturated heterocycles. The average Bonchev–Trinajstić information content (AvgIpc) is 2.92. The molecule has 0 aromatic heterocycles. The Morgan fingerprint density at radius 3 is 2.61 bits per heavy atom. The summed E-state index contributed by atoms with van der Waals surface area (Å²) in [6.45, 7) is 1.48. The van der Waals surface area contributed by atoms with Gasteiger partial charge in [0.05, 0.1) is 12.0 Å². The van der Waals surface area contributed by atoms with Gasteiger partial charge in [-0.3, -0.25) is 19.3 Å². The van der Waals surface area contributed by atoms with Gasteiger partial charge in [0.2, 0.25) is 5.91 Å². The van der Waals surface area contributed by atoms with Crippen LogP contribution >= 0.6 is 11.8 Å². The predicted molar refractivity (Wildman–Crippen MR) is 105 cm³/mol. The summed E-state index contributed by atoms with van der Waals surface area (Å²) in [7, 11) is 1.56. The van der Waals surface area contributed by atoms with E-state index in [-0.39, 0.29) is 4.91 Å². The summed E-state index contributed by atoms with van der Waals surface area (Å²) in [6.07, 6.45) is 1.59. The maximum Gasteiger partial charge on any atom is 0.294 e. The van der Waals surface area contributed by atoms with Gasteiger partial charge in [0, 0.05) is 5.69 Å². The van der Waals surface area contributed by atoms with Crippen LogP contribution in [0.2, 0.25) is 0 Å². The first-order chi connectivity index (χ1) is 13.4. The number of hydrogen-bond acceptors (Lipinski definition) is 5. The molecule has 28 heavy (non-hydrogen) atoms. The number of methoxy groups -OCH3 is 1. The summed E-state index contributed by atoms with van der Waals surface area (Å²) in [5, 5.41) is 2.00. The molecule has 1 aliphatic heterocycles. The maximum atomic E-state index is 12.9. The van der Waals surface area contributed by atoms with Crippen molar-refractivity contribution in [2.75, 3.05) is 19.0 Å². The molecular weight excluding hydrogens is 383 g/mol. The van der Waals surface area contributed by atoms with E-state index in [1.807, 2.05) is 19.1 Å². The number of benzene rings is 2. The number of amides is 3. The zero-order valence-electron chi connectivity index (χ0n) is 15.2. The number of imide groups is 1. The molecule has 0 spiro atoms. The number of hydrogen-bond donors (Lipinski definition) is 1. The van der Waals surface area contributed by atoms with E-state index in [1.165, 1.54) is 24.3 Å². The minimum Gasteiger partial charge on any atom is -0.496 e. The lowest BCUT2D eigenvalue weighted by Crippen LogP contribution is -2.36. The number of thioether (sulfide) groups is 1. The van der Waals surface area contributed by atoms with Crippen molar-refractivity contribution < 1.29 is 23.5 Å². The first-order valence-corrected chi connectivity index (χ1v) is 9.14. The Balaban J connectivity index is 1.70. The van der Waals surface area contributed by atoms with Gasteiger partial charge in [-0.1, -0.05) is 12.1 Å². The van der Waals surface area contributed by atoms with Gasteiger partial charge in [-0.2, -0.15) is 0 Å². The molecule has 0 radical (unpaired) electrons. The molecule has 1 heterocycles. The summed E-state index contributed by atoms with van der Waals surface area (Å²) < 4.78 is 18.2. The topological polar surface area (TPSA) is 75.7 Å². The fraction of sp³-hybridized carbons (Fsp3) is 0.150. The van der Waals surface area contributed by atoms with Gasteiger partial charge < -0.3 is 10.1 Å². The van der Waals surface area contributed by atoms with Gasteiger partial charge in [-0.05, 0) is 66.2 Å². The van der Waals surface area contributed by atoms with E-state index in [2.05, 4.69) is 5.32 Å². The van der Waals surface area contributed by atoms with E-state index in [1.54, 1.807) is 19.3 Å². The minimum atomic E-state index is -0.549. The van der Waals surface area contributed by atoms with Gasteiger partial charge in [0.25, 0.3) is 11.1 Å². The molecule has 2 aromatic carbocycles. The van der Waals surface area contributed by atoms with E-state index in [0.717, 1.165) is 22.2 Å². The SMILES string of the molecule is COc1cc(/C=C2/SC(=O)N(CC(=O)Nc3ccc(F)cc3)C2=O)ccc1C.